The molecule has 1 saturated heterocycles. The van der Waals surface area contributed by atoms with E-state index in [2.05, 4.69) is 28.6 Å². The SMILES string of the molecule is Cc1cc2c(o1)c(C)c(=O)c1c(O)c([NH-])c3oc4cc(N5CCN(CC(C)C)CC5)cc(O)c4nc3c12.[Ac].[Ac]. The number of furan rings is 1. The molecule has 0 bridgehead atoms. The molecule has 5 aromatic rings. The monoisotopic (exact) mass is 955 g/mol. The van der Waals surface area contributed by atoms with Crippen molar-refractivity contribution in [2.75, 3.05) is 37.6 Å². The van der Waals surface area contributed by atoms with E-state index < -0.39 is 11.2 Å². The van der Waals surface area contributed by atoms with Gasteiger partial charge in [0.15, 0.2) is 11.0 Å². The van der Waals surface area contributed by atoms with E-state index in [1.165, 1.54) is 0 Å². The van der Waals surface area contributed by atoms with Crippen molar-refractivity contribution >= 4 is 55.3 Å². The molecule has 0 aliphatic carbocycles. The standard InChI is InChI=1S/C28H30N4O5.2Ac/c1-13(2)12-31-5-7-32(8-6-31)16-10-18(33)23-19(11-16)37-28-22(29)26(35)21-20(24(28)30-23)17-9-14(3)36-27(17)15(4)25(21)34;;/h9-11,13H,5-8,12H2,1-4H3,(H4,29,30,33,34,35);;/p-1. The van der Waals surface area contributed by atoms with Gasteiger partial charge in [0.05, 0.1) is 5.39 Å². The van der Waals surface area contributed by atoms with E-state index in [-0.39, 0.29) is 122 Å². The number of aryl methyl sites for hydroxylation is 2. The summed E-state index contributed by atoms with van der Waals surface area (Å²) in [5.41, 5.74) is 10.2. The van der Waals surface area contributed by atoms with Gasteiger partial charge in [-0.25, -0.2) is 4.98 Å². The van der Waals surface area contributed by atoms with Gasteiger partial charge in [-0.15, -0.1) is 0 Å². The van der Waals surface area contributed by atoms with Crippen molar-refractivity contribution in [2.45, 2.75) is 27.7 Å². The Morgan fingerprint density at radius 3 is 2.33 bits per heavy atom. The van der Waals surface area contributed by atoms with Crippen LogP contribution in [0, 0.1) is 108 Å². The maximum absolute atomic E-state index is 13.2. The van der Waals surface area contributed by atoms with Crippen LogP contribution in [-0.2, 0) is 0 Å². The van der Waals surface area contributed by atoms with E-state index in [9.17, 15) is 15.0 Å². The maximum Gasteiger partial charge on any atom is 0.196 e. The summed E-state index contributed by atoms with van der Waals surface area (Å²) < 4.78 is 11.9. The average molecular weight is 956 g/mol. The molecule has 198 valence electrons. The largest absolute Gasteiger partial charge is 0.693 e. The van der Waals surface area contributed by atoms with Crippen molar-refractivity contribution in [1.29, 1.82) is 0 Å². The number of piperazine rings is 1. The summed E-state index contributed by atoms with van der Waals surface area (Å²) in [4.78, 5) is 22.5. The average Bonchev–Trinajstić information content (AvgIpc) is 3.25. The Morgan fingerprint density at radius 1 is 0.974 bits per heavy atom. The number of anilines is 1. The van der Waals surface area contributed by atoms with Gasteiger partial charge in [-0.3, -0.25) is 9.69 Å². The summed E-state index contributed by atoms with van der Waals surface area (Å²) in [6.45, 7) is 12.4. The van der Waals surface area contributed by atoms with Crippen molar-refractivity contribution in [3.63, 3.8) is 0 Å². The summed E-state index contributed by atoms with van der Waals surface area (Å²) in [7, 11) is 0. The van der Waals surface area contributed by atoms with Crippen molar-refractivity contribution < 1.29 is 107 Å². The Hall–Kier alpha value is -1.10. The van der Waals surface area contributed by atoms with Gasteiger partial charge in [0, 0.05) is 155 Å². The van der Waals surface area contributed by atoms with Gasteiger partial charge >= 0.3 is 0 Å². The number of nitrogens with one attached hydrogen (secondary N) is 1. The Bertz CT molecular complexity index is 1790. The second-order valence-corrected chi connectivity index (χ2v) is 10.4. The number of hydrogen-bond donors (Lipinski definition) is 2. The molecule has 3 heterocycles. The van der Waals surface area contributed by atoms with Gasteiger partial charge in [-0.05, 0) is 25.8 Å². The third kappa shape index (κ3) is 5.21. The van der Waals surface area contributed by atoms with Crippen LogP contribution in [0.3, 0.4) is 0 Å². The first-order chi connectivity index (χ1) is 17.6. The predicted octanol–water partition coefficient (Wildman–Crippen LogP) is 5.73. The Morgan fingerprint density at radius 2 is 1.67 bits per heavy atom. The molecule has 39 heavy (non-hydrogen) atoms. The Kier molecular flexibility index (Phi) is 9.22. The molecule has 11 heteroatoms. The van der Waals surface area contributed by atoms with Crippen LogP contribution in [0.25, 0.3) is 49.7 Å². The molecule has 6 rings (SSSR count). The van der Waals surface area contributed by atoms with Gasteiger partial charge in [0.1, 0.15) is 39.5 Å². The minimum absolute atomic E-state index is 0. The molecule has 3 N–H and O–H groups in total. The Balaban J connectivity index is 0.00000176. The topological polar surface area (TPSA) is 127 Å². The van der Waals surface area contributed by atoms with Gasteiger partial charge in [-0.1, -0.05) is 19.5 Å². The van der Waals surface area contributed by atoms with Crippen molar-refractivity contribution in [3.05, 3.63) is 45.5 Å². The quantitative estimate of drug-likeness (QED) is 0.134. The van der Waals surface area contributed by atoms with E-state index in [0.29, 0.717) is 39.2 Å². The third-order valence-electron chi connectivity index (χ3n) is 7.27. The fourth-order valence-corrected chi connectivity index (χ4v) is 5.54. The number of phenols is 2. The van der Waals surface area contributed by atoms with E-state index in [1.807, 2.05) is 6.07 Å². The first kappa shape index (κ1) is 30.9. The molecule has 2 aromatic heterocycles. The van der Waals surface area contributed by atoms with Crippen LogP contribution >= 0.6 is 0 Å². The number of benzene rings is 3. The summed E-state index contributed by atoms with van der Waals surface area (Å²) in [5.74, 6) is 0.702. The molecule has 9 nitrogen and oxygen atoms in total. The van der Waals surface area contributed by atoms with Crippen LogP contribution in [0.5, 0.6) is 11.5 Å². The van der Waals surface area contributed by atoms with Crippen molar-refractivity contribution in [3.8, 4) is 11.5 Å². The second-order valence-electron chi connectivity index (χ2n) is 10.4. The van der Waals surface area contributed by atoms with Crippen LogP contribution in [0.15, 0.2) is 31.8 Å². The number of aromatic nitrogens is 1. The molecule has 1 aliphatic rings. The van der Waals surface area contributed by atoms with Crippen LogP contribution in [-0.4, -0.2) is 52.8 Å². The van der Waals surface area contributed by atoms with Crippen molar-refractivity contribution in [2.24, 2.45) is 5.92 Å². The Labute approximate surface area is 296 Å². The fraction of sp³-hybridized carbons (Fsp3) is 0.357. The van der Waals surface area contributed by atoms with Gasteiger partial charge in [0.2, 0.25) is 0 Å². The molecule has 0 unspecified atom stereocenters. The second kappa shape index (κ2) is 11.6. The predicted molar refractivity (Wildman–Crippen MR) is 145 cm³/mol. The van der Waals surface area contributed by atoms with E-state index in [4.69, 9.17) is 14.6 Å². The zero-order valence-electron chi connectivity index (χ0n) is 22.5. The van der Waals surface area contributed by atoms with Gasteiger partial charge in [0.25, 0.3) is 0 Å². The smallest absolute Gasteiger partial charge is 0.196 e. The molecule has 2 radical (unpaired) electrons. The number of aromatic hydroxyl groups is 2. The molecule has 1 fully saturated rings. The van der Waals surface area contributed by atoms with E-state index in [1.54, 1.807) is 26.0 Å². The third-order valence-corrected chi connectivity index (χ3v) is 7.27. The number of rotatable bonds is 3. The van der Waals surface area contributed by atoms with E-state index in [0.717, 1.165) is 38.4 Å². The molecule has 0 amide bonds. The van der Waals surface area contributed by atoms with Crippen LogP contribution in [0.2, 0.25) is 0 Å². The van der Waals surface area contributed by atoms with Gasteiger partial charge < -0.3 is 29.7 Å². The number of phenolic OH excluding ortho intramolecular Hbond substituents is 2. The fourth-order valence-electron chi connectivity index (χ4n) is 5.54. The minimum Gasteiger partial charge on any atom is -0.693 e. The molecular weight excluding hydrogens is 926 g/mol. The molecule has 0 spiro atoms. The summed E-state index contributed by atoms with van der Waals surface area (Å²) in [5, 5.41) is 22.9. The van der Waals surface area contributed by atoms with E-state index >= 15 is 0 Å². The first-order valence-corrected chi connectivity index (χ1v) is 12.5. The minimum atomic E-state index is -0.456. The van der Waals surface area contributed by atoms with Crippen molar-refractivity contribution in [1.82, 2.24) is 9.88 Å². The molecule has 3 aromatic carbocycles. The zero-order valence-corrected chi connectivity index (χ0v) is 32.0. The van der Waals surface area contributed by atoms with Gasteiger partial charge in [-0.2, -0.15) is 0 Å². The molecular formula is C28H29Ac2N4O5-. The zero-order chi connectivity index (χ0) is 26.2. The number of hydrogen-bond acceptors (Lipinski definition) is 8. The number of fused-ring (bicyclic) bond motifs is 6. The summed E-state index contributed by atoms with van der Waals surface area (Å²) in [6, 6.07) is 5.27. The molecule has 0 atom stereocenters. The molecule has 1 aliphatic heterocycles. The molecule has 0 saturated carbocycles. The van der Waals surface area contributed by atoms with Crippen LogP contribution in [0.1, 0.15) is 25.2 Å². The first-order valence-electron chi connectivity index (χ1n) is 12.5. The summed E-state index contributed by atoms with van der Waals surface area (Å²) >= 11 is 0. The summed E-state index contributed by atoms with van der Waals surface area (Å²) in [6.07, 6.45) is 0. The maximum atomic E-state index is 13.2. The number of nitrogens with zero attached hydrogens (tertiary/aromatic N) is 3. The van der Waals surface area contributed by atoms with Crippen LogP contribution in [0.4, 0.5) is 11.4 Å². The van der Waals surface area contributed by atoms with Crippen LogP contribution < -0.4 is 10.3 Å². The normalized spacial score (nSPS) is 14.4.